The molecule has 0 aromatic heterocycles. The molecule has 0 spiro atoms. The van der Waals surface area contributed by atoms with E-state index in [0.29, 0.717) is 29.2 Å². The van der Waals surface area contributed by atoms with Crippen LogP contribution in [-0.4, -0.2) is 6.04 Å². The lowest BCUT2D eigenvalue weighted by Crippen LogP contribution is -2.33. The molecular weight excluding hydrogens is 681 g/mol. The molecule has 0 saturated carbocycles. The summed E-state index contributed by atoms with van der Waals surface area (Å²) in [4.78, 5) is 2.59. The second kappa shape index (κ2) is 18.5. The van der Waals surface area contributed by atoms with Crippen LogP contribution in [0, 0.1) is 17.3 Å². The summed E-state index contributed by atoms with van der Waals surface area (Å²) >= 11 is 0. The number of hydrogen-bond donors (Lipinski definition) is 3. The molecule has 0 radical (unpaired) electrons. The van der Waals surface area contributed by atoms with Gasteiger partial charge in [-0.3, -0.25) is 0 Å². The van der Waals surface area contributed by atoms with E-state index in [1.54, 1.807) is 0 Å². The largest absolute Gasteiger partial charge is 0.364 e. The number of hydrogen-bond acceptors (Lipinski definition) is 4. The van der Waals surface area contributed by atoms with Crippen LogP contribution in [0.3, 0.4) is 0 Å². The molecular formula is C52H70N4. The van der Waals surface area contributed by atoms with Crippen LogP contribution >= 0.6 is 0 Å². The first-order chi connectivity index (χ1) is 26.4. The lowest BCUT2D eigenvalue weighted by molar-refractivity contribution is 0.306. The van der Waals surface area contributed by atoms with Gasteiger partial charge in [0.25, 0.3) is 0 Å². The van der Waals surface area contributed by atoms with Gasteiger partial charge in [-0.25, -0.2) is 0 Å². The summed E-state index contributed by atoms with van der Waals surface area (Å²) in [7, 11) is 0. The van der Waals surface area contributed by atoms with E-state index in [2.05, 4.69) is 219 Å². The highest BCUT2D eigenvalue weighted by atomic mass is 15.2. The Bertz CT molecular complexity index is 1940. The third-order valence-electron chi connectivity index (χ3n) is 10.6. The van der Waals surface area contributed by atoms with Gasteiger partial charge in [-0.1, -0.05) is 106 Å². The van der Waals surface area contributed by atoms with E-state index in [4.69, 9.17) is 0 Å². The summed E-state index contributed by atoms with van der Waals surface area (Å²) in [5.41, 5.74) is 13.8. The predicted octanol–water partition coefficient (Wildman–Crippen LogP) is 15.4. The Labute approximate surface area is 340 Å². The minimum atomic E-state index is 0.109. The first-order valence-corrected chi connectivity index (χ1v) is 21.0. The zero-order chi connectivity index (χ0) is 40.6. The normalized spacial score (nSPS) is 13.1. The van der Waals surface area contributed by atoms with Gasteiger partial charge in [0.1, 0.15) is 0 Å². The van der Waals surface area contributed by atoms with Crippen LogP contribution in [0.4, 0.5) is 39.8 Å². The van der Waals surface area contributed by atoms with Crippen molar-refractivity contribution >= 4 is 39.8 Å². The van der Waals surface area contributed by atoms with Crippen molar-refractivity contribution in [2.45, 2.75) is 126 Å². The highest BCUT2D eigenvalue weighted by molar-refractivity contribution is 5.69. The number of nitrogens with zero attached hydrogens (tertiary/aromatic N) is 1. The minimum Gasteiger partial charge on any atom is -0.364 e. The van der Waals surface area contributed by atoms with Gasteiger partial charge in [0, 0.05) is 52.4 Å². The van der Waals surface area contributed by atoms with Crippen molar-refractivity contribution in [2.24, 2.45) is 17.3 Å². The number of benzene rings is 5. The molecule has 5 aromatic carbocycles. The Kier molecular flexibility index (Phi) is 14.0. The molecule has 56 heavy (non-hydrogen) atoms. The molecule has 3 N–H and O–H groups in total. The SMILES string of the molecule is CC(C)CC(C)N(Cc1cc(C(C)C)cc(C(C)(C)C)c1)c1ccc(Nc2ccc(Nc3ccc(Nc4ccc(CC(C)CC(C)(C)C)cc4)cc3)cc2)cc1. The maximum atomic E-state index is 3.61. The lowest BCUT2D eigenvalue weighted by atomic mass is 9.83. The quantitative estimate of drug-likeness (QED) is 0.0939. The molecule has 2 unspecified atom stereocenters. The Morgan fingerprint density at radius 1 is 0.518 bits per heavy atom. The third-order valence-corrected chi connectivity index (χ3v) is 10.6. The fourth-order valence-electron chi connectivity index (χ4n) is 7.84. The maximum Gasteiger partial charge on any atom is 0.0432 e. The van der Waals surface area contributed by atoms with E-state index < -0.39 is 0 Å². The Hall–Kier alpha value is -4.70. The van der Waals surface area contributed by atoms with Crippen LogP contribution < -0.4 is 20.9 Å². The average molecular weight is 751 g/mol. The topological polar surface area (TPSA) is 39.3 Å². The molecule has 2 atom stereocenters. The van der Waals surface area contributed by atoms with E-state index in [0.717, 1.165) is 53.5 Å². The van der Waals surface area contributed by atoms with Crippen LogP contribution in [-0.2, 0) is 18.4 Å². The minimum absolute atomic E-state index is 0.109. The van der Waals surface area contributed by atoms with Gasteiger partial charge in [0.05, 0.1) is 0 Å². The number of rotatable bonds is 16. The van der Waals surface area contributed by atoms with E-state index in [-0.39, 0.29) is 5.41 Å². The summed E-state index contributed by atoms with van der Waals surface area (Å²) < 4.78 is 0. The Balaban J connectivity index is 1.18. The van der Waals surface area contributed by atoms with Gasteiger partial charge in [0.15, 0.2) is 0 Å². The summed E-state index contributed by atoms with van der Waals surface area (Å²) in [6.07, 6.45) is 3.49. The summed E-state index contributed by atoms with van der Waals surface area (Å²) in [6.45, 7) is 28.8. The van der Waals surface area contributed by atoms with E-state index in [1.165, 1.54) is 34.4 Å². The number of nitrogens with one attached hydrogen (secondary N) is 3. The lowest BCUT2D eigenvalue weighted by Gasteiger charge is -2.33. The van der Waals surface area contributed by atoms with E-state index >= 15 is 0 Å². The molecule has 0 aliphatic carbocycles. The average Bonchev–Trinajstić information content (AvgIpc) is 3.12. The molecule has 4 nitrogen and oxygen atoms in total. The molecule has 0 aliphatic heterocycles. The monoisotopic (exact) mass is 751 g/mol. The fraction of sp³-hybridized carbons (Fsp3) is 0.423. The van der Waals surface area contributed by atoms with Gasteiger partial charge in [0.2, 0.25) is 0 Å². The van der Waals surface area contributed by atoms with Crippen molar-refractivity contribution < 1.29 is 0 Å². The standard InChI is InChI=1S/C52H70N4/c1-36(2)29-39(6)56(35-41-31-42(37(3)4)33-43(32-41)52(10,11)12)50-27-25-49(26-28-50)55-48-23-21-47(22-24-48)54-46-19-17-45(18-20-46)53-44-15-13-40(14-16-44)30-38(5)34-51(7,8)9/h13-28,31-33,36-39,53-55H,29-30,34-35H2,1-12H3. The summed E-state index contributed by atoms with van der Waals surface area (Å²) in [5, 5.41) is 10.7. The highest BCUT2D eigenvalue weighted by Gasteiger charge is 2.21. The molecule has 0 saturated heterocycles. The van der Waals surface area contributed by atoms with Crippen molar-refractivity contribution in [3.63, 3.8) is 0 Å². The van der Waals surface area contributed by atoms with Gasteiger partial charge in [-0.05, 0) is 162 Å². The highest BCUT2D eigenvalue weighted by Crippen LogP contribution is 2.32. The zero-order valence-electron chi connectivity index (χ0n) is 36.6. The Morgan fingerprint density at radius 2 is 0.946 bits per heavy atom. The third kappa shape index (κ3) is 12.9. The predicted molar refractivity (Wildman–Crippen MR) is 247 cm³/mol. The summed E-state index contributed by atoms with van der Waals surface area (Å²) in [5.74, 6) is 1.79. The van der Waals surface area contributed by atoms with Gasteiger partial charge in [-0.2, -0.15) is 0 Å². The smallest absolute Gasteiger partial charge is 0.0432 e. The molecule has 0 fully saturated rings. The van der Waals surface area contributed by atoms with E-state index in [9.17, 15) is 0 Å². The second-order valence-corrected chi connectivity index (χ2v) is 19.3. The van der Waals surface area contributed by atoms with Crippen molar-refractivity contribution in [1.82, 2.24) is 0 Å². The van der Waals surface area contributed by atoms with Gasteiger partial charge < -0.3 is 20.9 Å². The molecule has 0 aliphatic rings. The van der Waals surface area contributed by atoms with Crippen molar-refractivity contribution in [1.29, 1.82) is 0 Å². The Morgan fingerprint density at radius 3 is 1.34 bits per heavy atom. The molecule has 0 heterocycles. The maximum absolute atomic E-state index is 3.61. The molecule has 5 rings (SSSR count). The van der Waals surface area contributed by atoms with E-state index in [1.807, 2.05) is 0 Å². The van der Waals surface area contributed by atoms with Crippen LogP contribution in [0.25, 0.3) is 0 Å². The molecule has 0 amide bonds. The first-order valence-electron chi connectivity index (χ1n) is 21.0. The van der Waals surface area contributed by atoms with Crippen molar-refractivity contribution in [2.75, 3.05) is 20.9 Å². The molecule has 298 valence electrons. The van der Waals surface area contributed by atoms with Crippen molar-refractivity contribution in [3.05, 3.63) is 138 Å². The fourth-order valence-corrected chi connectivity index (χ4v) is 7.84. The van der Waals surface area contributed by atoms with Crippen LogP contribution in [0.15, 0.2) is 115 Å². The van der Waals surface area contributed by atoms with Crippen LogP contribution in [0.1, 0.15) is 124 Å². The second-order valence-electron chi connectivity index (χ2n) is 19.3. The molecule has 0 bridgehead atoms. The number of anilines is 7. The molecule has 4 heteroatoms. The van der Waals surface area contributed by atoms with Gasteiger partial charge >= 0.3 is 0 Å². The van der Waals surface area contributed by atoms with Crippen LogP contribution in [0.2, 0.25) is 0 Å². The van der Waals surface area contributed by atoms with Crippen molar-refractivity contribution in [3.8, 4) is 0 Å². The van der Waals surface area contributed by atoms with Gasteiger partial charge in [-0.15, -0.1) is 0 Å². The zero-order valence-corrected chi connectivity index (χ0v) is 36.6. The first kappa shape index (κ1) is 42.4. The summed E-state index contributed by atoms with van der Waals surface area (Å²) in [6, 6.07) is 42.5. The molecule has 5 aromatic rings. The van der Waals surface area contributed by atoms with Crippen LogP contribution in [0.5, 0.6) is 0 Å².